The molecule has 0 bridgehead atoms. The number of aromatic nitrogens is 2. The molecule has 3 N–H and O–H groups in total. The number of piperidine rings is 1. The fourth-order valence-corrected chi connectivity index (χ4v) is 3.03. The molecule has 2 aromatic rings. The lowest BCUT2D eigenvalue weighted by Gasteiger charge is -2.30. The first-order valence-electron chi connectivity index (χ1n) is 8.84. The van der Waals surface area contributed by atoms with E-state index in [0.29, 0.717) is 23.5 Å². The molecule has 21 heavy (non-hydrogen) atoms. The molecule has 0 saturated carbocycles. The molecule has 5 heteroatoms. The van der Waals surface area contributed by atoms with Crippen LogP contribution in [0.2, 0.25) is 0 Å². The van der Waals surface area contributed by atoms with Crippen LogP contribution in [0.3, 0.4) is 0 Å². The first-order chi connectivity index (χ1) is 11.3. The average molecular weight is 289 g/mol. The Hall–Kier alpha value is -1.88. The van der Waals surface area contributed by atoms with Crippen LogP contribution in [-0.4, -0.2) is 40.4 Å². The minimum atomic E-state index is -1.86. The Morgan fingerprint density at radius 1 is 1.52 bits per heavy atom. The molecule has 1 saturated heterocycles. The first-order valence-corrected chi connectivity index (χ1v) is 7.34. The summed E-state index contributed by atoms with van der Waals surface area (Å²) in [4.78, 5) is 21.6. The molecule has 1 amide bonds. The number of H-pyrrole nitrogens is 1. The molecule has 0 radical (unpaired) electrons. The second kappa shape index (κ2) is 5.85. The SMILES string of the molecule is [2H]C([2H])([2H])CCN1CCC(c2nc3c(C(N)=O)cccc3[nH]2)CC1. The number of aromatic amines is 1. The van der Waals surface area contributed by atoms with E-state index >= 15 is 0 Å². The molecule has 1 aromatic carbocycles. The highest BCUT2D eigenvalue weighted by atomic mass is 16.1. The Morgan fingerprint density at radius 3 is 3.05 bits per heavy atom. The van der Waals surface area contributed by atoms with Crippen molar-refractivity contribution >= 4 is 16.9 Å². The van der Waals surface area contributed by atoms with E-state index in [4.69, 9.17) is 9.85 Å². The number of nitrogens with zero attached hydrogens (tertiary/aromatic N) is 2. The number of carbonyl (C=O) groups excluding carboxylic acids is 1. The summed E-state index contributed by atoms with van der Waals surface area (Å²) in [5.41, 5.74) is 7.30. The van der Waals surface area contributed by atoms with Crippen LogP contribution < -0.4 is 5.73 Å². The number of nitrogens with one attached hydrogen (secondary N) is 1. The highest BCUT2D eigenvalue weighted by molar-refractivity contribution is 6.04. The molecular weight excluding hydrogens is 264 g/mol. The number of carbonyl (C=O) groups is 1. The third kappa shape index (κ3) is 2.78. The summed E-state index contributed by atoms with van der Waals surface area (Å²) >= 11 is 0. The van der Waals surface area contributed by atoms with Gasteiger partial charge in [0.2, 0.25) is 0 Å². The number of fused-ring (bicyclic) bond motifs is 1. The lowest BCUT2D eigenvalue weighted by Crippen LogP contribution is -2.33. The third-order valence-corrected chi connectivity index (χ3v) is 4.20. The Kier molecular flexibility index (Phi) is 3.01. The zero-order valence-corrected chi connectivity index (χ0v) is 11.9. The van der Waals surface area contributed by atoms with Gasteiger partial charge in [0, 0.05) is 10.0 Å². The first kappa shape index (κ1) is 10.8. The second-order valence-electron chi connectivity index (χ2n) is 5.55. The van der Waals surface area contributed by atoms with Crippen molar-refractivity contribution in [1.29, 1.82) is 0 Å². The lowest BCUT2D eigenvalue weighted by molar-refractivity contribution is 0.100. The van der Waals surface area contributed by atoms with Gasteiger partial charge in [-0.2, -0.15) is 0 Å². The van der Waals surface area contributed by atoms with Crippen LogP contribution in [0.4, 0.5) is 0 Å². The Labute approximate surface area is 128 Å². The summed E-state index contributed by atoms with van der Waals surface area (Å²) in [5, 5.41) is 0. The predicted octanol–water partition coefficient (Wildman–Crippen LogP) is 2.25. The number of benzene rings is 1. The Bertz CT molecular complexity index is 732. The molecular formula is C16H22N4O. The number of nitrogens with two attached hydrogens (primary N) is 1. The van der Waals surface area contributed by atoms with Gasteiger partial charge in [-0.3, -0.25) is 4.79 Å². The van der Waals surface area contributed by atoms with Crippen molar-refractivity contribution in [3.05, 3.63) is 29.6 Å². The monoisotopic (exact) mass is 289 g/mol. The molecule has 2 heterocycles. The predicted molar refractivity (Wildman–Crippen MR) is 83.3 cm³/mol. The zero-order chi connectivity index (χ0) is 17.3. The molecule has 3 rings (SSSR count). The van der Waals surface area contributed by atoms with Gasteiger partial charge in [0.15, 0.2) is 0 Å². The number of amides is 1. The summed E-state index contributed by atoms with van der Waals surface area (Å²) in [7, 11) is 0. The topological polar surface area (TPSA) is 75.0 Å². The zero-order valence-electron chi connectivity index (χ0n) is 14.9. The molecule has 5 nitrogen and oxygen atoms in total. The number of likely N-dealkylation sites (tertiary alicyclic amines) is 1. The van der Waals surface area contributed by atoms with Crippen LogP contribution >= 0.6 is 0 Å². The quantitative estimate of drug-likeness (QED) is 0.906. The van der Waals surface area contributed by atoms with Crippen LogP contribution in [0, 0.1) is 0 Å². The highest BCUT2D eigenvalue weighted by Gasteiger charge is 2.23. The van der Waals surface area contributed by atoms with E-state index in [-0.39, 0.29) is 6.42 Å². The van der Waals surface area contributed by atoms with E-state index < -0.39 is 12.8 Å². The fourth-order valence-electron chi connectivity index (χ4n) is 3.03. The van der Waals surface area contributed by atoms with Gasteiger partial charge in [-0.15, -0.1) is 0 Å². The summed E-state index contributed by atoms with van der Waals surface area (Å²) in [5.74, 6) is 0.703. The van der Waals surface area contributed by atoms with Gasteiger partial charge < -0.3 is 15.6 Å². The van der Waals surface area contributed by atoms with Crippen LogP contribution in [0.15, 0.2) is 18.2 Å². The number of primary amides is 1. The highest BCUT2D eigenvalue weighted by Crippen LogP contribution is 2.28. The van der Waals surface area contributed by atoms with Gasteiger partial charge in [0.25, 0.3) is 5.91 Å². The van der Waals surface area contributed by atoms with Gasteiger partial charge >= 0.3 is 0 Å². The standard InChI is InChI=1S/C16H22N4O/c1-2-8-20-9-6-11(7-10-20)16-18-13-5-3-4-12(15(17)21)14(13)19-16/h3-5,11H,2,6-10H2,1H3,(H2,17,21)(H,18,19)/i1D3. The van der Waals surface area contributed by atoms with E-state index in [1.54, 1.807) is 12.1 Å². The van der Waals surface area contributed by atoms with E-state index in [9.17, 15) is 4.79 Å². The molecule has 0 atom stereocenters. The van der Waals surface area contributed by atoms with E-state index in [0.717, 1.165) is 37.3 Å². The van der Waals surface area contributed by atoms with Crippen molar-refractivity contribution in [2.75, 3.05) is 19.6 Å². The van der Waals surface area contributed by atoms with Crippen LogP contribution in [-0.2, 0) is 0 Å². The largest absolute Gasteiger partial charge is 0.366 e. The van der Waals surface area contributed by atoms with Crippen LogP contribution in [0.25, 0.3) is 11.0 Å². The average Bonchev–Trinajstić information content (AvgIpc) is 2.96. The molecule has 0 unspecified atom stereocenters. The summed E-state index contributed by atoms with van der Waals surface area (Å²) in [6, 6.07) is 5.37. The molecule has 1 aliphatic rings. The number of hydrogen-bond acceptors (Lipinski definition) is 3. The van der Waals surface area contributed by atoms with Gasteiger partial charge in [0.05, 0.1) is 11.1 Å². The van der Waals surface area contributed by atoms with Crippen molar-refractivity contribution in [3.63, 3.8) is 0 Å². The molecule has 112 valence electrons. The maximum atomic E-state index is 11.5. The molecule has 1 fully saturated rings. The van der Waals surface area contributed by atoms with Gasteiger partial charge in [-0.05, 0) is 51.0 Å². The number of para-hydroxylation sites is 1. The van der Waals surface area contributed by atoms with E-state index in [1.807, 2.05) is 6.07 Å². The van der Waals surface area contributed by atoms with Gasteiger partial charge in [0.1, 0.15) is 11.3 Å². The maximum Gasteiger partial charge on any atom is 0.250 e. The van der Waals surface area contributed by atoms with Crippen molar-refractivity contribution in [1.82, 2.24) is 14.9 Å². The number of imidazole rings is 1. The summed E-state index contributed by atoms with van der Waals surface area (Å²) in [6.45, 7) is 0.469. The Balaban J connectivity index is 1.67. The third-order valence-electron chi connectivity index (χ3n) is 4.20. The molecule has 1 aliphatic heterocycles. The van der Waals surface area contributed by atoms with Crippen LogP contribution in [0.1, 0.15) is 52.3 Å². The minimum absolute atomic E-state index is 0.226. The second-order valence-corrected chi connectivity index (χ2v) is 5.55. The van der Waals surface area contributed by atoms with Crippen molar-refractivity contribution in [2.24, 2.45) is 5.73 Å². The van der Waals surface area contributed by atoms with Gasteiger partial charge in [-0.1, -0.05) is 12.9 Å². The molecule has 0 spiro atoms. The van der Waals surface area contributed by atoms with Crippen LogP contribution in [0.5, 0.6) is 0 Å². The smallest absolute Gasteiger partial charge is 0.250 e. The fraction of sp³-hybridized carbons (Fsp3) is 0.500. The minimum Gasteiger partial charge on any atom is -0.366 e. The lowest BCUT2D eigenvalue weighted by atomic mass is 9.96. The van der Waals surface area contributed by atoms with Crippen molar-refractivity contribution < 1.29 is 8.91 Å². The van der Waals surface area contributed by atoms with Gasteiger partial charge in [-0.25, -0.2) is 4.98 Å². The maximum absolute atomic E-state index is 11.5. The van der Waals surface area contributed by atoms with Crippen molar-refractivity contribution in [3.8, 4) is 0 Å². The molecule has 1 aromatic heterocycles. The normalized spacial score (nSPS) is 20.1. The summed E-state index contributed by atoms with van der Waals surface area (Å²) < 4.78 is 21.9. The number of rotatable bonds is 4. The number of hydrogen-bond donors (Lipinski definition) is 2. The van der Waals surface area contributed by atoms with E-state index in [1.165, 1.54) is 0 Å². The van der Waals surface area contributed by atoms with Crippen molar-refractivity contribution in [2.45, 2.75) is 32.0 Å². The Morgan fingerprint density at radius 2 is 2.33 bits per heavy atom. The summed E-state index contributed by atoms with van der Waals surface area (Å²) in [6.07, 6.45) is 2.07. The molecule has 0 aliphatic carbocycles. The van der Waals surface area contributed by atoms with E-state index in [2.05, 4.69) is 14.9 Å².